The number of rotatable bonds is 2. The van der Waals surface area contributed by atoms with Crippen molar-refractivity contribution in [2.24, 2.45) is 5.73 Å². The lowest BCUT2D eigenvalue weighted by Crippen LogP contribution is -2.32. The second kappa shape index (κ2) is 3.07. The molecule has 0 saturated heterocycles. The van der Waals surface area contributed by atoms with Gasteiger partial charge in [-0.25, -0.2) is 0 Å². The lowest BCUT2D eigenvalue weighted by molar-refractivity contribution is 0.188. The van der Waals surface area contributed by atoms with Crippen LogP contribution in [0.5, 0.6) is 0 Å². The Morgan fingerprint density at radius 1 is 1.86 bits per heavy atom. The molecule has 0 aromatic heterocycles. The standard InChI is InChI=1S/C4H9NOS/c1-3(6)4(5)2-7/h2-4,6H,5H2,1H3/t3?,4-/m1/s1. The summed E-state index contributed by atoms with van der Waals surface area (Å²) in [7, 11) is 0. The molecule has 0 aromatic rings. The molecule has 2 atom stereocenters. The second-order valence-corrected chi connectivity index (χ2v) is 1.73. The Balaban J connectivity index is 3.33. The van der Waals surface area contributed by atoms with Crippen LogP contribution in [-0.4, -0.2) is 22.6 Å². The quantitative estimate of drug-likeness (QED) is 0.490. The zero-order valence-electron chi connectivity index (χ0n) is 4.16. The van der Waals surface area contributed by atoms with E-state index >= 15 is 0 Å². The number of aliphatic hydroxyl groups is 1. The van der Waals surface area contributed by atoms with Crippen molar-refractivity contribution in [3.8, 4) is 0 Å². The van der Waals surface area contributed by atoms with Gasteiger partial charge in [0.05, 0.1) is 12.1 Å². The Morgan fingerprint density at radius 3 is 2.29 bits per heavy atom. The lowest BCUT2D eigenvalue weighted by atomic mass is 10.2. The molecular formula is C4H9NOS. The zero-order chi connectivity index (χ0) is 5.86. The highest BCUT2D eigenvalue weighted by atomic mass is 32.1. The van der Waals surface area contributed by atoms with Crippen LogP contribution in [0.2, 0.25) is 0 Å². The van der Waals surface area contributed by atoms with Gasteiger partial charge in [0.1, 0.15) is 0 Å². The molecule has 0 rings (SSSR count). The zero-order valence-corrected chi connectivity index (χ0v) is 4.98. The monoisotopic (exact) mass is 119 g/mol. The van der Waals surface area contributed by atoms with E-state index in [2.05, 4.69) is 12.2 Å². The molecule has 3 N–H and O–H groups in total. The van der Waals surface area contributed by atoms with E-state index in [9.17, 15) is 0 Å². The van der Waals surface area contributed by atoms with Crippen molar-refractivity contribution in [3.63, 3.8) is 0 Å². The molecule has 0 fully saturated rings. The summed E-state index contributed by atoms with van der Waals surface area (Å²) >= 11 is 4.44. The van der Waals surface area contributed by atoms with E-state index in [0.717, 1.165) is 0 Å². The minimum absolute atomic E-state index is 0.352. The molecule has 2 nitrogen and oxygen atoms in total. The molecule has 0 bridgehead atoms. The Kier molecular flexibility index (Phi) is 3.07. The molecule has 0 saturated carbocycles. The van der Waals surface area contributed by atoms with Crippen LogP contribution in [0.15, 0.2) is 0 Å². The fourth-order valence-electron chi connectivity index (χ4n) is 0.114. The van der Waals surface area contributed by atoms with Gasteiger partial charge >= 0.3 is 0 Å². The van der Waals surface area contributed by atoms with Crippen LogP contribution in [0, 0.1) is 0 Å². The van der Waals surface area contributed by atoms with E-state index < -0.39 is 6.10 Å². The Hall–Kier alpha value is 0.01000. The largest absolute Gasteiger partial charge is 0.391 e. The summed E-state index contributed by atoms with van der Waals surface area (Å²) in [6, 6.07) is -0.352. The SMILES string of the molecule is CC(O)[C@H](N)C=S. The van der Waals surface area contributed by atoms with E-state index in [1.807, 2.05) is 0 Å². The van der Waals surface area contributed by atoms with E-state index in [-0.39, 0.29) is 6.04 Å². The molecule has 0 amide bonds. The molecule has 7 heavy (non-hydrogen) atoms. The number of nitrogens with two attached hydrogens (primary N) is 1. The first-order valence-corrected chi connectivity index (χ1v) is 2.54. The van der Waals surface area contributed by atoms with E-state index in [4.69, 9.17) is 10.8 Å². The predicted octanol–water partition coefficient (Wildman–Crippen LogP) is -0.306. The van der Waals surface area contributed by atoms with Crippen molar-refractivity contribution in [2.75, 3.05) is 0 Å². The Bertz CT molecular complexity index is 64.7. The summed E-state index contributed by atoms with van der Waals surface area (Å²) in [5.41, 5.74) is 5.21. The predicted molar refractivity (Wildman–Crippen MR) is 33.3 cm³/mol. The first-order chi connectivity index (χ1) is 3.18. The maximum Gasteiger partial charge on any atom is 0.0707 e. The highest BCUT2D eigenvalue weighted by molar-refractivity contribution is 7.79. The van der Waals surface area contributed by atoms with Gasteiger partial charge in [0, 0.05) is 0 Å². The summed E-state index contributed by atoms with van der Waals surface area (Å²) in [6.45, 7) is 1.60. The van der Waals surface area contributed by atoms with E-state index in [0.29, 0.717) is 0 Å². The van der Waals surface area contributed by atoms with Crippen LogP contribution in [0.25, 0.3) is 0 Å². The summed E-state index contributed by atoms with van der Waals surface area (Å²) in [6.07, 6.45) is -0.516. The molecule has 0 heterocycles. The summed E-state index contributed by atoms with van der Waals surface area (Å²) < 4.78 is 0. The average Bonchev–Trinajstić information content (AvgIpc) is 1.65. The Labute approximate surface area is 48.3 Å². The minimum atomic E-state index is -0.516. The van der Waals surface area contributed by atoms with Crippen molar-refractivity contribution >= 4 is 17.6 Å². The minimum Gasteiger partial charge on any atom is -0.391 e. The molecule has 0 spiro atoms. The van der Waals surface area contributed by atoms with Crippen molar-refractivity contribution in [1.29, 1.82) is 0 Å². The van der Waals surface area contributed by atoms with Gasteiger partial charge in [-0.05, 0) is 12.3 Å². The van der Waals surface area contributed by atoms with Gasteiger partial charge in [0.15, 0.2) is 0 Å². The molecule has 1 unspecified atom stereocenters. The van der Waals surface area contributed by atoms with Gasteiger partial charge in [0.25, 0.3) is 0 Å². The highest BCUT2D eigenvalue weighted by Gasteiger charge is 2.02. The number of thiocarbonyl (C=S) groups is 1. The van der Waals surface area contributed by atoms with Gasteiger partial charge in [-0.15, -0.1) is 0 Å². The normalized spacial score (nSPS) is 18.1. The molecule has 0 aromatic carbocycles. The molecule has 3 heteroatoms. The van der Waals surface area contributed by atoms with Crippen LogP contribution in [0.4, 0.5) is 0 Å². The highest BCUT2D eigenvalue weighted by Crippen LogP contribution is 1.82. The van der Waals surface area contributed by atoms with Crippen LogP contribution >= 0.6 is 12.2 Å². The molecule has 0 aliphatic rings. The van der Waals surface area contributed by atoms with Crippen molar-refractivity contribution in [1.82, 2.24) is 0 Å². The number of hydrogen-bond acceptors (Lipinski definition) is 3. The van der Waals surface area contributed by atoms with Crippen molar-refractivity contribution in [3.05, 3.63) is 0 Å². The molecule has 0 radical (unpaired) electrons. The van der Waals surface area contributed by atoms with Crippen molar-refractivity contribution in [2.45, 2.75) is 19.1 Å². The van der Waals surface area contributed by atoms with Crippen LogP contribution in [-0.2, 0) is 0 Å². The van der Waals surface area contributed by atoms with Gasteiger partial charge in [-0.3, -0.25) is 0 Å². The molecule has 0 aliphatic carbocycles. The summed E-state index contributed by atoms with van der Waals surface area (Å²) in [4.78, 5) is 0. The first-order valence-electron chi connectivity index (χ1n) is 2.07. The number of hydrogen-bond donors (Lipinski definition) is 2. The first kappa shape index (κ1) is 7.01. The number of aliphatic hydroxyl groups excluding tert-OH is 1. The average molecular weight is 119 g/mol. The fraction of sp³-hybridized carbons (Fsp3) is 0.750. The maximum atomic E-state index is 8.60. The smallest absolute Gasteiger partial charge is 0.0707 e. The van der Waals surface area contributed by atoms with Gasteiger partial charge in [-0.1, -0.05) is 12.2 Å². The third-order valence-corrected chi connectivity index (χ3v) is 1.03. The van der Waals surface area contributed by atoms with Crippen LogP contribution in [0.1, 0.15) is 6.92 Å². The lowest BCUT2D eigenvalue weighted by Gasteiger charge is -2.05. The maximum absolute atomic E-state index is 8.60. The van der Waals surface area contributed by atoms with Gasteiger partial charge in [-0.2, -0.15) is 0 Å². The fourth-order valence-corrected chi connectivity index (χ4v) is 0.341. The Morgan fingerprint density at radius 2 is 2.29 bits per heavy atom. The van der Waals surface area contributed by atoms with E-state index in [1.54, 1.807) is 6.92 Å². The summed E-state index contributed by atoms with van der Waals surface area (Å²) in [5.74, 6) is 0. The molecular weight excluding hydrogens is 110 g/mol. The van der Waals surface area contributed by atoms with Crippen molar-refractivity contribution < 1.29 is 5.11 Å². The molecule has 0 aliphatic heterocycles. The summed E-state index contributed by atoms with van der Waals surface area (Å²) in [5, 5.41) is 9.95. The van der Waals surface area contributed by atoms with Gasteiger partial charge < -0.3 is 10.8 Å². The third kappa shape index (κ3) is 2.68. The topological polar surface area (TPSA) is 46.2 Å². The second-order valence-electron chi connectivity index (χ2n) is 1.45. The third-order valence-electron chi connectivity index (χ3n) is 0.714. The van der Waals surface area contributed by atoms with Crippen LogP contribution < -0.4 is 5.73 Å². The molecule has 42 valence electrons. The van der Waals surface area contributed by atoms with E-state index in [1.165, 1.54) is 5.37 Å². The van der Waals surface area contributed by atoms with Gasteiger partial charge in [0.2, 0.25) is 0 Å². The van der Waals surface area contributed by atoms with Crippen LogP contribution in [0.3, 0.4) is 0 Å².